The van der Waals surface area contributed by atoms with Crippen LogP contribution in [0.5, 0.6) is 5.75 Å². The molecule has 0 aliphatic heterocycles. The molecule has 1 N–H and O–H groups in total. The molecule has 3 rings (SSSR count). The van der Waals surface area contributed by atoms with E-state index in [0.29, 0.717) is 11.3 Å². The quantitative estimate of drug-likeness (QED) is 0.776. The number of ether oxygens (including phenoxy) is 1. The van der Waals surface area contributed by atoms with Crippen molar-refractivity contribution in [1.29, 1.82) is 0 Å². The summed E-state index contributed by atoms with van der Waals surface area (Å²) in [6.45, 7) is 0.284. The van der Waals surface area contributed by atoms with Gasteiger partial charge in [-0.05, 0) is 24.3 Å². The first kappa shape index (κ1) is 14.7. The lowest BCUT2D eigenvalue weighted by molar-refractivity contribution is 0.0916. The molecule has 0 bridgehead atoms. The van der Waals surface area contributed by atoms with Crippen LogP contribution in [0.2, 0.25) is 0 Å². The summed E-state index contributed by atoms with van der Waals surface area (Å²) in [5, 5.41) is 10.4. The van der Waals surface area contributed by atoms with Crippen LogP contribution in [0.4, 0.5) is 0 Å². The molecule has 7 nitrogen and oxygen atoms in total. The van der Waals surface area contributed by atoms with Crippen LogP contribution in [-0.2, 0) is 6.54 Å². The molecule has 0 fully saturated rings. The van der Waals surface area contributed by atoms with Crippen LogP contribution in [0.3, 0.4) is 0 Å². The van der Waals surface area contributed by atoms with Crippen LogP contribution in [0.25, 0.3) is 11.5 Å². The van der Waals surface area contributed by atoms with E-state index in [2.05, 4.69) is 20.5 Å². The predicted molar refractivity (Wildman–Crippen MR) is 81.7 cm³/mol. The van der Waals surface area contributed by atoms with Gasteiger partial charge in [0.25, 0.3) is 5.89 Å². The van der Waals surface area contributed by atoms with Crippen LogP contribution in [0, 0.1) is 0 Å². The van der Waals surface area contributed by atoms with Gasteiger partial charge in [0.05, 0.1) is 24.9 Å². The highest BCUT2D eigenvalue weighted by Crippen LogP contribution is 2.28. The molecule has 2 heterocycles. The summed E-state index contributed by atoms with van der Waals surface area (Å²) < 4.78 is 10.7. The molecule has 1 amide bonds. The van der Waals surface area contributed by atoms with Crippen molar-refractivity contribution >= 4 is 5.91 Å². The normalized spacial score (nSPS) is 10.3. The maximum absolute atomic E-state index is 12.1. The molecule has 0 unspecified atom stereocenters. The third-order valence-electron chi connectivity index (χ3n) is 3.11. The van der Waals surface area contributed by atoms with Crippen molar-refractivity contribution in [2.24, 2.45) is 0 Å². The molecule has 116 valence electrons. The van der Waals surface area contributed by atoms with Gasteiger partial charge in [0.15, 0.2) is 0 Å². The Hall–Kier alpha value is -3.22. The van der Waals surface area contributed by atoms with Crippen LogP contribution in [-0.4, -0.2) is 28.2 Å². The van der Waals surface area contributed by atoms with Gasteiger partial charge >= 0.3 is 11.8 Å². The van der Waals surface area contributed by atoms with Crippen LogP contribution in [0.1, 0.15) is 16.4 Å². The zero-order valence-corrected chi connectivity index (χ0v) is 12.4. The number of methoxy groups -OCH3 is 1. The zero-order valence-electron chi connectivity index (χ0n) is 12.4. The van der Waals surface area contributed by atoms with E-state index < -0.39 is 5.91 Å². The first-order chi connectivity index (χ1) is 11.3. The van der Waals surface area contributed by atoms with Gasteiger partial charge in [0.2, 0.25) is 0 Å². The summed E-state index contributed by atoms with van der Waals surface area (Å²) in [6, 6.07) is 12.7. The lowest BCUT2D eigenvalue weighted by Gasteiger charge is -2.03. The van der Waals surface area contributed by atoms with Crippen molar-refractivity contribution < 1.29 is 13.9 Å². The monoisotopic (exact) mass is 310 g/mol. The Morgan fingerprint density at radius 1 is 1.17 bits per heavy atom. The molecule has 0 aliphatic rings. The number of para-hydroxylation sites is 1. The molecular weight excluding hydrogens is 296 g/mol. The second-order valence-corrected chi connectivity index (χ2v) is 4.62. The van der Waals surface area contributed by atoms with E-state index in [9.17, 15) is 4.79 Å². The topological polar surface area (TPSA) is 90.1 Å². The minimum Gasteiger partial charge on any atom is -0.496 e. The fraction of sp³-hybridized carbons (Fsp3) is 0.125. The van der Waals surface area contributed by atoms with Gasteiger partial charge in [-0.2, -0.15) is 0 Å². The fourth-order valence-electron chi connectivity index (χ4n) is 1.99. The molecule has 1 aromatic carbocycles. The van der Waals surface area contributed by atoms with E-state index >= 15 is 0 Å². The van der Waals surface area contributed by atoms with Gasteiger partial charge in [-0.3, -0.25) is 9.78 Å². The molecule has 2 aromatic heterocycles. The van der Waals surface area contributed by atoms with Crippen LogP contribution < -0.4 is 10.1 Å². The molecule has 0 radical (unpaired) electrons. The first-order valence-corrected chi connectivity index (χ1v) is 6.93. The molecule has 0 aliphatic carbocycles. The van der Waals surface area contributed by atoms with E-state index in [0.717, 1.165) is 5.69 Å². The predicted octanol–water partition coefficient (Wildman–Crippen LogP) is 2.07. The van der Waals surface area contributed by atoms with Crippen molar-refractivity contribution in [3.05, 3.63) is 60.2 Å². The molecule has 3 aromatic rings. The molecule has 0 saturated heterocycles. The van der Waals surface area contributed by atoms with E-state index in [1.54, 1.807) is 25.4 Å². The molecule has 7 heteroatoms. The number of nitrogens with zero attached hydrogens (tertiary/aromatic N) is 3. The SMILES string of the molecule is COc1ccccc1-c1nnc(C(=O)NCc2ccccn2)o1. The second kappa shape index (κ2) is 6.69. The number of aromatic nitrogens is 3. The van der Waals surface area contributed by atoms with Crippen molar-refractivity contribution in [2.45, 2.75) is 6.54 Å². The number of carbonyl (C=O) groups is 1. The summed E-state index contributed by atoms with van der Waals surface area (Å²) in [5.41, 5.74) is 1.37. The highest BCUT2D eigenvalue weighted by Gasteiger charge is 2.17. The second-order valence-electron chi connectivity index (χ2n) is 4.62. The minimum absolute atomic E-state index is 0.109. The number of carbonyl (C=O) groups excluding carboxylic acids is 1. The Morgan fingerprint density at radius 3 is 2.78 bits per heavy atom. The van der Waals surface area contributed by atoms with E-state index in [4.69, 9.17) is 9.15 Å². The average Bonchev–Trinajstić information content (AvgIpc) is 3.10. The molecule has 0 atom stereocenters. The minimum atomic E-state index is -0.454. The van der Waals surface area contributed by atoms with Gasteiger partial charge in [-0.15, -0.1) is 10.2 Å². The average molecular weight is 310 g/mol. The number of hydrogen-bond donors (Lipinski definition) is 1. The summed E-state index contributed by atoms with van der Waals surface area (Å²) >= 11 is 0. The lowest BCUT2D eigenvalue weighted by atomic mass is 10.2. The Kier molecular flexibility index (Phi) is 4.28. The number of amides is 1. The van der Waals surface area contributed by atoms with Crippen molar-refractivity contribution in [1.82, 2.24) is 20.5 Å². The lowest BCUT2D eigenvalue weighted by Crippen LogP contribution is -2.23. The Balaban J connectivity index is 1.72. The standard InChI is InChI=1S/C16H14N4O3/c1-22-13-8-3-2-7-12(13)15-19-20-16(23-15)14(21)18-10-11-6-4-5-9-17-11/h2-9H,10H2,1H3,(H,18,21). The van der Waals surface area contributed by atoms with E-state index in [-0.39, 0.29) is 18.3 Å². The van der Waals surface area contributed by atoms with Gasteiger partial charge in [0, 0.05) is 6.20 Å². The van der Waals surface area contributed by atoms with Gasteiger partial charge in [-0.1, -0.05) is 18.2 Å². The molecular formula is C16H14N4O3. The molecule has 0 saturated carbocycles. The smallest absolute Gasteiger partial charge is 0.309 e. The summed E-state index contributed by atoms with van der Waals surface area (Å²) in [5.74, 6) is 0.258. The van der Waals surface area contributed by atoms with Crippen molar-refractivity contribution in [3.8, 4) is 17.2 Å². The third kappa shape index (κ3) is 3.34. The maximum atomic E-state index is 12.1. The first-order valence-electron chi connectivity index (χ1n) is 6.93. The zero-order chi connectivity index (χ0) is 16.1. The molecule has 23 heavy (non-hydrogen) atoms. The van der Waals surface area contributed by atoms with E-state index in [1.165, 1.54) is 0 Å². The number of rotatable bonds is 5. The Morgan fingerprint density at radius 2 is 2.00 bits per heavy atom. The number of pyridine rings is 1. The highest BCUT2D eigenvalue weighted by atomic mass is 16.5. The maximum Gasteiger partial charge on any atom is 0.309 e. The Bertz CT molecular complexity index is 802. The van der Waals surface area contributed by atoms with Gasteiger partial charge < -0.3 is 14.5 Å². The van der Waals surface area contributed by atoms with Crippen LogP contribution >= 0.6 is 0 Å². The highest BCUT2D eigenvalue weighted by molar-refractivity contribution is 5.89. The fourth-order valence-corrected chi connectivity index (χ4v) is 1.99. The Labute approximate surface area is 132 Å². The van der Waals surface area contributed by atoms with Crippen molar-refractivity contribution in [3.63, 3.8) is 0 Å². The third-order valence-corrected chi connectivity index (χ3v) is 3.11. The number of hydrogen-bond acceptors (Lipinski definition) is 6. The van der Waals surface area contributed by atoms with Crippen molar-refractivity contribution in [2.75, 3.05) is 7.11 Å². The van der Waals surface area contributed by atoms with Gasteiger partial charge in [0.1, 0.15) is 5.75 Å². The summed E-state index contributed by atoms with van der Waals surface area (Å²) in [4.78, 5) is 16.2. The van der Waals surface area contributed by atoms with Gasteiger partial charge in [-0.25, -0.2) is 0 Å². The summed E-state index contributed by atoms with van der Waals surface area (Å²) in [7, 11) is 1.55. The number of benzene rings is 1. The number of nitrogens with one attached hydrogen (secondary N) is 1. The summed E-state index contributed by atoms with van der Waals surface area (Å²) in [6.07, 6.45) is 1.66. The largest absolute Gasteiger partial charge is 0.496 e. The van der Waals surface area contributed by atoms with E-state index in [1.807, 2.05) is 30.3 Å². The van der Waals surface area contributed by atoms with Crippen LogP contribution in [0.15, 0.2) is 53.1 Å². The molecule has 0 spiro atoms.